The van der Waals surface area contributed by atoms with Gasteiger partial charge in [0.1, 0.15) is 30.5 Å². The van der Waals surface area contributed by atoms with Crippen LogP contribution in [0.1, 0.15) is 296 Å². The second-order valence-electron chi connectivity index (χ2n) is 22.0. The van der Waals surface area contributed by atoms with E-state index >= 15 is 0 Å². The Morgan fingerprint density at radius 2 is 0.808 bits per heavy atom. The van der Waals surface area contributed by atoms with Crippen molar-refractivity contribution in [3.63, 3.8) is 0 Å². The van der Waals surface area contributed by atoms with E-state index in [1.807, 2.05) is 6.08 Å². The fraction of sp³-hybridized carbons (Fsp3) is 0.889. The highest BCUT2D eigenvalue weighted by atomic mass is 16.7. The number of carbonyl (C=O) groups excluding carboxylic acids is 1. The second kappa shape index (κ2) is 52.4. The number of unbranched alkanes of at least 4 members (excludes halogenated alkanes) is 39. The smallest absolute Gasteiger partial charge is 0.249 e. The van der Waals surface area contributed by atoms with Crippen LogP contribution in [0.15, 0.2) is 36.5 Å². The number of carbonyl (C=O) groups is 1. The van der Waals surface area contributed by atoms with E-state index in [-0.39, 0.29) is 6.61 Å². The highest BCUT2D eigenvalue weighted by Gasteiger charge is 2.44. The molecule has 1 amide bonds. The van der Waals surface area contributed by atoms with Crippen molar-refractivity contribution in [2.45, 2.75) is 345 Å². The molecule has 10 heteroatoms. The zero-order valence-corrected chi connectivity index (χ0v) is 47.5. The predicted molar refractivity (Wildman–Crippen MR) is 306 cm³/mol. The van der Waals surface area contributed by atoms with Crippen LogP contribution in [0.5, 0.6) is 0 Å². The van der Waals surface area contributed by atoms with Crippen LogP contribution in [0.2, 0.25) is 0 Å². The van der Waals surface area contributed by atoms with Crippen molar-refractivity contribution in [2.24, 2.45) is 0 Å². The van der Waals surface area contributed by atoms with E-state index in [2.05, 4.69) is 43.5 Å². The summed E-state index contributed by atoms with van der Waals surface area (Å²) in [6.07, 6.45) is 58.7. The van der Waals surface area contributed by atoms with Crippen molar-refractivity contribution in [3.05, 3.63) is 36.5 Å². The molecule has 0 aromatic heterocycles. The molecule has 1 saturated heterocycles. The maximum atomic E-state index is 13.1. The Morgan fingerprint density at radius 3 is 1.19 bits per heavy atom. The summed E-state index contributed by atoms with van der Waals surface area (Å²) >= 11 is 0. The maximum Gasteiger partial charge on any atom is 0.249 e. The molecule has 0 saturated carbocycles. The summed E-state index contributed by atoms with van der Waals surface area (Å²) in [6.45, 7) is 3.60. The van der Waals surface area contributed by atoms with Crippen molar-refractivity contribution in [3.8, 4) is 0 Å². The Kier molecular flexibility index (Phi) is 49.8. The fourth-order valence-corrected chi connectivity index (χ4v) is 10.0. The van der Waals surface area contributed by atoms with Gasteiger partial charge >= 0.3 is 0 Å². The molecule has 1 aliphatic rings. The van der Waals surface area contributed by atoms with Crippen LogP contribution in [0.3, 0.4) is 0 Å². The van der Waals surface area contributed by atoms with E-state index in [0.717, 1.165) is 32.1 Å². The largest absolute Gasteiger partial charge is 0.394 e. The number of amides is 1. The van der Waals surface area contributed by atoms with E-state index in [9.17, 15) is 35.4 Å². The zero-order valence-electron chi connectivity index (χ0n) is 47.5. The molecule has 430 valence electrons. The van der Waals surface area contributed by atoms with Crippen LogP contribution in [0.25, 0.3) is 0 Å². The minimum absolute atomic E-state index is 0.306. The Hall–Kier alpha value is -1.63. The van der Waals surface area contributed by atoms with Crippen molar-refractivity contribution in [1.29, 1.82) is 0 Å². The minimum Gasteiger partial charge on any atom is -0.394 e. The molecule has 1 rings (SSSR count). The molecule has 73 heavy (non-hydrogen) atoms. The van der Waals surface area contributed by atoms with Crippen LogP contribution >= 0.6 is 0 Å². The molecule has 0 spiro atoms. The summed E-state index contributed by atoms with van der Waals surface area (Å²) in [4.78, 5) is 13.1. The van der Waals surface area contributed by atoms with Gasteiger partial charge in [-0.3, -0.25) is 4.79 Å². The van der Waals surface area contributed by atoms with Crippen molar-refractivity contribution < 1.29 is 44.9 Å². The first kappa shape index (κ1) is 69.4. The van der Waals surface area contributed by atoms with E-state index in [0.29, 0.717) is 19.3 Å². The van der Waals surface area contributed by atoms with Crippen LogP contribution < -0.4 is 5.32 Å². The Bertz CT molecular complexity index is 1260. The molecule has 8 atom stereocenters. The molecular formula is C63H119NO9. The summed E-state index contributed by atoms with van der Waals surface area (Å²) in [6, 6.07) is -0.995. The van der Waals surface area contributed by atoms with Crippen LogP contribution in [0, 0.1) is 0 Å². The SMILES string of the molecule is CCCCCCCC/C=C/CC/C=C/C(O)C(COC1OC(CO)C(O)C(O)C1O)NC(=O)C(O)CCCCCCCCCCCCCCCCCC/C=C\CCCCCCCCCCCCCCCCCC. The monoisotopic (exact) mass is 1030 g/mol. The number of aliphatic hydroxyl groups excluding tert-OH is 6. The Morgan fingerprint density at radius 1 is 0.466 bits per heavy atom. The lowest BCUT2D eigenvalue weighted by Gasteiger charge is -2.40. The van der Waals surface area contributed by atoms with Crippen molar-refractivity contribution >= 4 is 5.91 Å². The van der Waals surface area contributed by atoms with Crippen LogP contribution in [-0.4, -0.2) is 98.7 Å². The first-order valence-corrected chi connectivity index (χ1v) is 31.3. The average molecular weight is 1030 g/mol. The van der Waals surface area contributed by atoms with Gasteiger partial charge in [-0.15, -0.1) is 0 Å². The fourth-order valence-electron chi connectivity index (χ4n) is 10.0. The van der Waals surface area contributed by atoms with E-state index in [4.69, 9.17) is 9.47 Å². The number of hydrogen-bond acceptors (Lipinski definition) is 9. The van der Waals surface area contributed by atoms with Crippen LogP contribution in [0.4, 0.5) is 0 Å². The molecule has 0 aliphatic carbocycles. The number of ether oxygens (including phenoxy) is 2. The summed E-state index contributed by atoms with van der Waals surface area (Å²) < 4.78 is 11.2. The number of hydrogen-bond donors (Lipinski definition) is 7. The van der Waals surface area contributed by atoms with Gasteiger partial charge in [-0.2, -0.15) is 0 Å². The van der Waals surface area contributed by atoms with Gasteiger partial charge < -0.3 is 45.4 Å². The maximum absolute atomic E-state index is 13.1. The van der Waals surface area contributed by atoms with Crippen LogP contribution in [-0.2, 0) is 14.3 Å². The van der Waals surface area contributed by atoms with Gasteiger partial charge in [-0.25, -0.2) is 0 Å². The Labute approximate surface area is 449 Å². The van der Waals surface area contributed by atoms with Gasteiger partial charge in [0.05, 0.1) is 25.4 Å². The molecule has 10 nitrogen and oxygen atoms in total. The zero-order chi connectivity index (χ0) is 53.1. The topological polar surface area (TPSA) is 169 Å². The normalized spacial score (nSPS) is 19.7. The lowest BCUT2D eigenvalue weighted by molar-refractivity contribution is -0.302. The molecular weight excluding hydrogens is 915 g/mol. The Balaban J connectivity index is 2.09. The average Bonchev–Trinajstić information content (AvgIpc) is 3.39. The molecule has 8 unspecified atom stereocenters. The van der Waals surface area contributed by atoms with E-state index < -0.39 is 61.5 Å². The molecule has 7 N–H and O–H groups in total. The lowest BCUT2D eigenvalue weighted by atomic mass is 9.99. The first-order chi connectivity index (χ1) is 35.8. The second-order valence-corrected chi connectivity index (χ2v) is 22.0. The molecule has 0 aromatic rings. The van der Waals surface area contributed by atoms with E-state index in [1.165, 1.54) is 231 Å². The number of aliphatic hydroxyl groups is 6. The highest BCUT2D eigenvalue weighted by Crippen LogP contribution is 2.23. The quantitative estimate of drug-likeness (QED) is 0.0232. The third-order valence-corrected chi connectivity index (χ3v) is 15.0. The van der Waals surface area contributed by atoms with Crippen molar-refractivity contribution in [2.75, 3.05) is 13.2 Å². The molecule has 1 heterocycles. The van der Waals surface area contributed by atoms with Gasteiger partial charge in [-0.05, 0) is 57.8 Å². The van der Waals surface area contributed by atoms with Gasteiger partial charge in [0, 0.05) is 0 Å². The molecule has 0 aromatic carbocycles. The number of allylic oxidation sites excluding steroid dienone is 5. The molecule has 0 radical (unpaired) electrons. The highest BCUT2D eigenvalue weighted by molar-refractivity contribution is 5.80. The molecule has 1 fully saturated rings. The summed E-state index contributed by atoms with van der Waals surface area (Å²) in [5, 5.41) is 64.9. The van der Waals surface area contributed by atoms with Gasteiger partial charge in [0.25, 0.3) is 0 Å². The molecule has 1 aliphatic heterocycles. The van der Waals surface area contributed by atoms with Gasteiger partial charge in [0.15, 0.2) is 6.29 Å². The van der Waals surface area contributed by atoms with Gasteiger partial charge in [-0.1, -0.05) is 275 Å². The van der Waals surface area contributed by atoms with Crippen molar-refractivity contribution in [1.82, 2.24) is 5.32 Å². The standard InChI is InChI=1S/C63H119NO9/c1-3-5-7-9-11-13-15-17-18-19-20-21-22-23-24-25-26-27-28-29-30-31-32-33-34-35-36-37-38-39-40-42-44-46-48-50-52-57(67)62(71)64-55(54-72-63-61(70)60(69)59(68)58(53-65)73-63)56(66)51-49-47-45-43-41-16-14-12-10-8-6-4-2/h27-28,41,43,49,51,55-61,63,65-70H,3-26,29-40,42,44-48,50,52-54H2,1-2H3,(H,64,71)/b28-27-,43-41+,51-49+. The first-order valence-electron chi connectivity index (χ1n) is 31.3. The third-order valence-electron chi connectivity index (χ3n) is 15.0. The van der Waals surface area contributed by atoms with E-state index in [1.54, 1.807) is 6.08 Å². The minimum atomic E-state index is -1.61. The molecule has 0 bridgehead atoms. The third kappa shape index (κ3) is 41.2. The lowest BCUT2D eigenvalue weighted by Crippen LogP contribution is -2.60. The summed E-state index contributed by atoms with van der Waals surface area (Å²) in [7, 11) is 0. The van der Waals surface area contributed by atoms with Gasteiger partial charge in [0.2, 0.25) is 5.91 Å². The number of rotatable bonds is 54. The summed E-state index contributed by atoms with van der Waals surface area (Å²) in [5.74, 6) is -0.624. The number of nitrogens with one attached hydrogen (secondary N) is 1. The predicted octanol–water partition coefficient (Wildman–Crippen LogP) is 14.9. The summed E-state index contributed by atoms with van der Waals surface area (Å²) in [5.41, 5.74) is 0.